The molecule has 4 nitrogen and oxygen atoms in total. The summed E-state index contributed by atoms with van der Waals surface area (Å²) in [5, 5.41) is 8.92. The summed E-state index contributed by atoms with van der Waals surface area (Å²) >= 11 is 5.71. The van der Waals surface area contributed by atoms with Gasteiger partial charge in [-0.15, -0.1) is 0 Å². The fraction of sp³-hybridized carbons (Fsp3) is 0.100. The molecule has 0 aliphatic rings. The third-order valence-electron chi connectivity index (χ3n) is 1.82. The number of carbonyl (C=O) groups is 2. The maximum absolute atomic E-state index is 11.3. The highest BCUT2D eigenvalue weighted by atomic mass is 35.5. The van der Waals surface area contributed by atoms with Crippen LogP contribution in [0.2, 0.25) is 5.02 Å². The lowest BCUT2D eigenvalue weighted by atomic mass is 10.0. The van der Waals surface area contributed by atoms with Crippen molar-refractivity contribution in [3.63, 3.8) is 0 Å². The first-order valence-corrected chi connectivity index (χ1v) is 4.29. The third kappa shape index (κ3) is 1.97. The number of methoxy groups -OCH3 is 1. The van der Waals surface area contributed by atoms with Gasteiger partial charge in [-0.05, 0) is 12.1 Å². The summed E-state index contributed by atoms with van der Waals surface area (Å²) in [7, 11) is 1.17. The Bertz CT molecular complexity index is 462. The van der Waals surface area contributed by atoms with E-state index in [4.69, 9.17) is 16.9 Å². The minimum atomic E-state index is -0.754. The van der Waals surface area contributed by atoms with E-state index in [-0.39, 0.29) is 21.7 Å². The van der Waals surface area contributed by atoms with Gasteiger partial charge in [0.15, 0.2) is 6.29 Å². The van der Waals surface area contributed by atoms with Gasteiger partial charge in [0.05, 0.1) is 23.3 Å². The SMILES string of the molecule is COC(=O)c1c(C=O)ccc(Cl)c1C#N. The number of hydrogen-bond donors (Lipinski definition) is 0. The van der Waals surface area contributed by atoms with E-state index in [0.717, 1.165) is 0 Å². The monoisotopic (exact) mass is 223 g/mol. The van der Waals surface area contributed by atoms with E-state index in [9.17, 15) is 9.59 Å². The van der Waals surface area contributed by atoms with E-state index < -0.39 is 5.97 Å². The number of rotatable bonds is 2. The molecule has 0 saturated heterocycles. The van der Waals surface area contributed by atoms with Gasteiger partial charge >= 0.3 is 5.97 Å². The predicted molar refractivity (Wildman–Crippen MR) is 52.9 cm³/mol. The van der Waals surface area contributed by atoms with E-state index in [1.54, 1.807) is 6.07 Å². The van der Waals surface area contributed by atoms with E-state index >= 15 is 0 Å². The quantitative estimate of drug-likeness (QED) is 0.567. The van der Waals surface area contributed by atoms with Crippen molar-refractivity contribution in [2.24, 2.45) is 0 Å². The van der Waals surface area contributed by atoms with Crippen LogP contribution in [0.1, 0.15) is 26.3 Å². The van der Waals surface area contributed by atoms with Crippen LogP contribution in [0.5, 0.6) is 0 Å². The summed E-state index contributed by atoms with van der Waals surface area (Å²) in [4.78, 5) is 22.0. The molecule has 0 bridgehead atoms. The number of esters is 1. The molecule has 0 heterocycles. The van der Waals surface area contributed by atoms with Crippen LogP contribution in [-0.4, -0.2) is 19.4 Å². The van der Waals surface area contributed by atoms with Crippen molar-refractivity contribution in [2.75, 3.05) is 7.11 Å². The van der Waals surface area contributed by atoms with Crippen molar-refractivity contribution in [1.82, 2.24) is 0 Å². The molecule has 1 aromatic carbocycles. The molecular weight excluding hydrogens is 218 g/mol. The zero-order chi connectivity index (χ0) is 11.4. The van der Waals surface area contributed by atoms with E-state index in [2.05, 4.69) is 4.74 Å². The Morgan fingerprint density at radius 1 is 1.60 bits per heavy atom. The first-order valence-electron chi connectivity index (χ1n) is 3.91. The van der Waals surface area contributed by atoms with E-state index in [1.807, 2.05) is 0 Å². The number of carbonyl (C=O) groups excluding carboxylic acids is 2. The number of nitriles is 1. The number of halogens is 1. The van der Waals surface area contributed by atoms with Gasteiger partial charge in [-0.1, -0.05) is 11.6 Å². The summed E-state index contributed by atoms with van der Waals surface area (Å²) in [6, 6.07) is 4.51. The number of benzene rings is 1. The maximum atomic E-state index is 11.3. The van der Waals surface area contributed by atoms with Gasteiger partial charge in [0.2, 0.25) is 0 Å². The molecule has 0 unspecified atom stereocenters. The van der Waals surface area contributed by atoms with Crippen molar-refractivity contribution < 1.29 is 14.3 Å². The van der Waals surface area contributed by atoms with Crippen molar-refractivity contribution >= 4 is 23.9 Å². The van der Waals surface area contributed by atoms with Crippen LogP contribution in [0.15, 0.2) is 12.1 Å². The van der Waals surface area contributed by atoms with Crippen LogP contribution in [0.4, 0.5) is 0 Å². The second-order valence-corrected chi connectivity index (χ2v) is 3.02. The van der Waals surface area contributed by atoms with Gasteiger partial charge in [0.1, 0.15) is 6.07 Å². The molecule has 0 aliphatic carbocycles. The zero-order valence-corrected chi connectivity index (χ0v) is 8.54. The molecule has 0 aromatic heterocycles. The van der Waals surface area contributed by atoms with Crippen molar-refractivity contribution in [3.05, 3.63) is 33.8 Å². The molecular formula is C10H6ClNO3. The van der Waals surface area contributed by atoms with Gasteiger partial charge in [0, 0.05) is 5.56 Å². The normalized spacial score (nSPS) is 9.13. The van der Waals surface area contributed by atoms with Crippen LogP contribution >= 0.6 is 11.6 Å². The van der Waals surface area contributed by atoms with Crippen LogP contribution in [0.3, 0.4) is 0 Å². The summed E-state index contributed by atoms with van der Waals surface area (Å²) in [5.74, 6) is -0.754. The van der Waals surface area contributed by atoms with Crippen molar-refractivity contribution in [2.45, 2.75) is 0 Å². The second kappa shape index (κ2) is 4.58. The van der Waals surface area contributed by atoms with Gasteiger partial charge in [-0.2, -0.15) is 5.26 Å². The van der Waals surface area contributed by atoms with E-state index in [1.165, 1.54) is 19.2 Å². The summed E-state index contributed by atoms with van der Waals surface area (Å²) in [6.07, 6.45) is 0.476. The van der Waals surface area contributed by atoms with Crippen LogP contribution in [0, 0.1) is 11.3 Å². The molecule has 76 valence electrons. The highest BCUT2D eigenvalue weighted by Gasteiger charge is 2.19. The lowest BCUT2D eigenvalue weighted by Gasteiger charge is -2.05. The number of aldehydes is 1. The molecule has 0 aliphatic heterocycles. The van der Waals surface area contributed by atoms with Crippen molar-refractivity contribution in [1.29, 1.82) is 5.26 Å². The lowest BCUT2D eigenvalue weighted by Crippen LogP contribution is -2.08. The molecule has 0 fully saturated rings. The Morgan fingerprint density at radius 3 is 2.73 bits per heavy atom. The van der Waals surface area contributed by atoms with Crippen LogP contribution in [0.25, 0.3) is 0 Å². The largest absolute Gasteiger partial charge is 0.465 e. The Labute approximate surface area is 91.0 Å². The molecule has 0 amide bonds. The lowest BCUT2D eigenvalue weighted by molar-refractivity contribution is 0.0598. The zero-order valence-electron chi connectivity index (χ0n) is 7.78. The Balaban J connectivity index is 3.56. The Morgan fingerprint density at radius 2 is 2.27 bits per heavy atom. The summed E-state index contributed by atoms with van der Waals surface area (Å²) < 4.78 is 4.47. The molecule has 0 radical (unpaired) electrons. The molecule has 1 aromatic rings. The first-order chi connectivity index (χ1) is 7.15. The standard InChI is InChI=1S/C10H6ClNO3/c1-15-10(14)9-6(5-13)2-3-8(11)7(9)4-12/h2-3,5H,1H3. The minimum absolute atomic E-state index is 0.0480. The van der Waals surface area contributed by atoms with Crippen LogP contribution in [-0.2, 0) is 4.74 Å². The number of nitrogens with zero attached hydrogens (tertiary/aromatic N) is 1. The highest BCUT2D eigenvalue weighted by molar-refractivity contribution is 6.32. The average molecular weight is 224 g/mol. The number of ether oxygens (including phenoxy) is 1. The smallest absolute Gasteiger partial charge is 0.339 e. The van der Waals surface area contributed by atoms with Gasteiger partial charge in [-0.25, -0.2) is 4.79 Å². The molecule has 1 rings (SSSR count). The predicted octanol–water partition coefficient (Wildman–Crippen LogP) is 1.81. The topological polar surface area (TPSA) is 67.2 Å². The maximum Gasteiger partial charge on any atom is 0.339 e. The molecule has 0 spiro atoms. The van der Waals surface area contributed by atoms with Gasteiger partial charge in [-0.3, -0.25) is 4.79 Å². The number of hydrogen-bond acceptors (Lipinski definition) is 4. The van der Waals surface area contributed by atoms with Gasteiger partial charge in [0.25, 0.3) is 0 Å². The summed E-state index contributed by atoms with van der Waals surface area (Å²) in [6.45, 7) is 0. The molecule has 15 heavy (non-hydrogen) atoms. The van der Waals surface area contributed by atoms with Gasteiger partial charge < -0.3 is 4.74 Å². The fourth-order valence-corrected chi connectivity index (χ4v) is 1.32. The molecule has 0 N–H and O–H groups in total. The molecule has 5 heteroatoms. The third-order valence-corrected chi connectivity index (χ3v) is 2.13. The average Bonchev–Trinajstić information content (AvgIpc) is 2.27. The summed E-state index contributed by atoms with van der Waals surface area (Å²) in [5.41, 5.74) is -0.0570. The van der Waals surface area contributed by atoms with E-state index in [0.29, 0.717) is 6.29 Å². The highest BCUT2D eigenvalue weighted by Crippen LogP contribution is 2.22. The molecule has 0 saturated carbocycles. The fourth-order valence-electron chi connectivity index (χ4n) is 1.12. The first kappa shape index (κ1) is 11.2. The van der Waals surface area contributed by atoms with Crippen LogP contribution < -0.4 is 0 Å². The second-order valence-electron chi connectivity index (χ2n) is 2.61. The van der Waals surface area contributed by atoms with Crippen molar-refractivity contribution in [3.8, 4) is 6.07 Å². The Kier molecular flexibility index (Phi) is 3.42. The molecule has 0 atom stereocenters. The Hall–Kier alpha value is -1.86. The minimum Gasteiger partial charge on any atom is -0.465 e.